The van der Waals surface area contributed by atoms with Gasteiger partial charge in [-0.05, 0) is 37.2 Å². The Kier molecular flexibility index (Phi) is 7.08. The molecule has 1 aromatic carbocycles. The van der Waals surface area contributed by atoms with Crippen molar-refractivity contribution < 1.29 is 9.53 Å². The minimum Gasteiger partial charge on any atom is -0.381 e. The van der Waals surface area contributed by atoms with Crippen LogP contribution in [-0.4, -0.2) is 31.2 Å². The number of rotatable bonds is 4. The van der Waals surface area contributed by atoms with Gasteiger partial charge in [0.1, 0.15) is 0 Å². The fraction of sp³-hybridized carbons (Fsp3) is 0.632. The lowest BCUT2D eigenvalue weighted by Gasteiger charge is -2.35. The molecule has 1 aliphatic carbocycles. The molecule has 3 N–H and O–H groups in total. The molecule has 1 amide bonds. The smallest absolute Gasteiger partial charge is 0.223 e. The van der Waals surface area contributed by atoms with Crippen LogP contribution in [0.4, 0.5) is 0 Å². The fourth-order valence-corrected chi connectivity index (χ4v) is 3.89. The highest BCUT2D eigenvalue weighted by Gasteiger charge is 2.34. The Morgan fingerprint density at radius 2 is 1.83 bits per heavy atom. The summed E-state index contributed by atoms with van der Waals surface area (Å²) in [5, 5.41) is 3.14. The van der Waals surface area contributed by atoms with E-state index in [0.717, 1.165) is 32.1 Å². The molecular formula is C19H29ClN2O2. The quantitative estimate of drug-likeness (QED) is 0.875. The van der Waals surface area contributed by atoms with Crippen molar-refractivity contribution in [1.29, 1.82) is 0 Å². The lowest BCUT2D eigenvalue weighted by molar-refractivity contribution is -0.127. The van der Waals surface area contributed by atoms with Crippen LogP contribution in [0.2, 0.25) is 0 Å². The van der Waals surface area contributed by atoms with Gasteiger partial charge in [0.25, 0.3) is 0 Å². The molecule has 0 bridgehead atoms. The first-order valence-electron chi connectivity index (χ1n) is 8.87. The number of amides is 1. The third kappa shape index (κ3) is 4.71. The summed E-state index contributed by atoms with van der Waals surface area (Å²) in [4.78, 5) is 12.8. The van der Waals surface area contributed by atoms with Crippen LogP contribution < -0.4 is 11.1 Å². The summed E-state index contributed by atoms with van der Waals surface area (Å²) in [6.07, 6.45) is 6.07. The first-order chi connectivity index (χ1) is 11.2. The van der Waals surface area contributed by atoms with Crippen molar-refractivity contribution in [1.82, 2.24) is 5.32 Å². The number of hydrogen-bond acceptors (Lipinski definition) is 3. The van der Waals surface area contributed by atoms with Crippen molar-refractivity contribution in [2.24, 2.45) is 11.7 Å². The predicted octanol–water partition coefficient (Wildman–Crippen LogP) is 3.01. The topological polar surface area (TPSA) is 64.3 Å². The van der Waals surface area contributed by atoms with Crippen LogP contribution in [0.5, 0.6) is 0 Å². The number of nitrogens with one attached hydrogen (secondary N) is 1. The summed E-state index contributed by atoms with van der Waals surface area (Å²) >= 11 is 0. The van der Waals surface area contributed by atoms with Gasteiger partial charge >= 0.3 is 0 Å². The zero-order chi connectivity index (χ0) is 16.1. The summed E-state index contributed by atoms with van der Waals surface area (Å²) in [5.41, 5.74) is 7.38. The molecule has 2 aliphatic rings. The molecule has 1 saturated heterocycles. The Morgan fingerprint density at radius 1 is 1.17 bits per heavy atom. The Labute approximate surface area is 150 Å². The summed E-state index contributed by atoms with van der Waals surface area (Å²) in [7, 11) is 0. The van der Waals surface area contributed by atoms with Crippen LogP contribution in [0, 0.1) is 5.92 Å². The van der Waals surface area contributed by atoms with E-state index in [2.05, 4.69) is 29.6 Å². The van der Waals surface area contributed by atoms with E-state index in [1.807, 2.05) is 6.07 Å². The van der Waals surface area contributed by atoms with Crippen molar-refractivity contribution in [2.75, 3.05) is 19.8 Å². The van der Waals surface area contributed by atoms with Gasteiger partial charge in [0.2, 0.25) is 5.91 Å². The highest BCUT2D eigenvalue weighted by Crippen LogP contribution is 2.37. The molecule has 3 rings (SSSR count). The van der Waals surface area contributed by atoms with Gasteiger partial charge in [-0.25, -0.2) is 0 Å². The van der Waals surface area contributed by atoms with Crippen molar-refractivity contribution >= 4 is 18.3 Å². The van der Waals surface area contributed by atoms with Crippen LogP contribution in [-0.2, 0) is 9.53 Å². The second kappa shape index (κ2) is 8.84. The summed E-state index contributed by atoms with van der Waals surface area (Å²) < 4.78 is 5.37. The first kappa shape index (κ1) is 19.2. The molecule has 1 aliphatic heterocycles. The van der Waals surface area contributed by atoms with E-state index in [1.54, 1.807) is 0 Å². The van der Waals surface area contributed by atoms with Gasteiger partial charge in [-0.1, -0.05) is 43.2 Å². The molecule has 0 spiro atoms. The standard InChI is InChI=1S/C19H28N2O2.ClH/c20-19(10-12-23-13-11-19)14-21-18(22)17-9-5-4-8-16(17)15-6-2-1-3-7-15;/h1-3,6-7,16-17H,4-5,8-14,20H2,(H,21,22);1H/t16-,17-;/m1./s1. The van der Waals surface area contributed by atoms with Gasteiger partial charge in [-0.3, -0.25) is 4.79 Å². The van der Waals surface area contributed by atoms with Crippen molar-refractivity contribution in [3.63, 3.8) is 0 Å². The van der Waals surface area contributed by atoms with Crippen LogP contribution in [0.25, 0.3) is 0 Å². The molecule has 4 nitrogen and oxygen atoms in total. The Bertz CT molecular complexity index is 517. The van der Waals surface area contributed by atoms with E-state index >= 15 is 0 Å². The predicted molar refractivity (Wildman–Crippen MR) is 98.4 cm³/mol. The number of halogens is 1. The van der Waals surface area contributed by atoms with E-state index in [1.165, 1.54) is 12.0 Å². The molecule has 1 saturated carbocycles. The largest absolute Gasteiger partial charge is 0.381 e. The number of ether oxygens (including phenoxy) is 1. The third-order valence-corrected chi connectivity index (χ3v) is 5.43. The third-order valence-electron chi connectivity index (χ3n) is 5.43. The monoisotopic (exact) mass is 352 g/mol. The maximum Gasteiger partial charge on any atom is 0.223 e. The van der Waals surface area contributed by atoms with Gasteiger partial charge in [0, 0.05) is 31.2 Å². The number of benzene rings is 1. The van der Waals surface area contributed by atoms with E-state index in [9.17, 15) is 4.79 Å². The summed E-state index contributed by atoms with van der Waals surface area (Å²) in [5.74, 6) is 0.595. The molecule has 0 aromatic heterocycles. The van der Waals surface area contributed by atoms with Crippen molar-refractivity contribution in [3.8, 4) is 0 Å². The van der Waals surface area contributed by atoms with Crippen molar-refractivity contribution in [2.45, 2.75) is 50.0 Å². The summed E-state index contributed by atoms with van der Waals surface area (Å²) in [6.45, 7) is 1.96. The Morgan fingerprint density at radius 3 is 2.54 bits per heavy atom. The van der Waals surface area contributed by atoms with Crippen LogP contribution >= 0.6 is 12.4 Å². The molecule has 5 heteroatoms. The van der Waals surface area contributed by atoms with Crippen molar-refractivity contribution in [3.05, 3.63) is 35.9 Å². The van der Waals surface area contributed by atoms with Gasteiger partial charge in [0.15, 0.2) is 0 Å². The minimum absolute atomic E-state index is 0. The van der Waals surface area contributed by atoms with E-state index in [4.69, 9.17) is 10.5 Å². The van der Waals surface area contributed by atoms with Gasteiger partial charge in [0.05, 0.1) is 0 Å². The van der Waals surface area contributed by atoms with E-state index < -0.39 is 0 Å². The van der Waals surface area contributed by atoms with Gasteiger partial charge < -0.3 is 15.8 Å². The second-order valence-electron chi connectivity index (χ2n) is 7.10. The maximum absolute atomic E-state index is 12.8. The second-order valence-corrected chi connectivity index (χ2v) is 7.10. The highest BCUT2D eigenvalue weighted by molar-refractivity contribution is 5.85. The minimum atomic E-state index is -0.301. The molecule has 24 heavy (non-hydrogen) atoms. The van der Waals surface area contributed by atoms with Crippen LogP contribution in [0.3, 0.4) is 0 Å². The normalized spacial score (nSPS) is 26.2. The highest BCUT2D eigenvalue weighted by atomic mass is 35.5. The number of carbonyl (C=O) groups excluding carboxylic acids is 1. The zero-order valence-corrected chi connectivity index (χ0v) is 15.0. The van der Waals surface area contributed by atoms with E-state index in [-0.39, 0.29) is 29.8 Å². The Hall–Kier alpha value is -1.10. The molecule has 2 atom stereocenters. The molecule has 2 fully saturated rings. The molecule has 0 unspecified atom stereocenters. The van der Waals surface area contributed by atoms with Crippen LogP contribution in [0.1, 0.15) is 50.0 Å². The molecule has 1 aromatic rings. The summed E-state index contributed by atoms with van der Waals surface area (Å²) in [6, 6.07) is 10.5. The average molecular weight is 353 g/mol. The van der Waals surface area contributed by atoms with Crippen LogP contribution in [0.15, 0.2) is 30.3 Å². The SMILES string of the molecule is Cl.NC1(CNC(=O)[C@@H]2CCCC[C@@H]2c2ccccc2)CCOCC1. The molecule has 1 heterocycles. The average Bonchev–Trinajstić information content (AvgIpc) is 2.61. The number of nitrogens with two attached hydrogens (primary N) is 1. The van der Waals surface area contributed by atoms with Gasteiger partial charge in [-0.2, -0.15) is 0 Å². The lowest BCUT2D eigenvalue weighted by Crippen LogP contribution is -2.54. The van der Waals surface area contributed by atoms with E-state index in [0.29, 0.717) is 25.7 Å². The fourth-order valence-electron chi connectivity index (χ4n) is 3.89. The molecular weight excluding hydrogens is 324 g/mol. The molecule has 0 radical (unpaired) electrons. The van der Waals surface area contributed by atoms with Gasteiger partial charge in [-0.15, -0.1) is 12.4 Å². The maximum atomic E-state index is 12.8. The first-order valence-corrected chi connectivity index (χ1v) is 8.87. The lowest BCUT2D eigenvalue weighted by atomic mass is 9.75. The number of carbonyl (C=O) groups is 1. The zero-order valence-electron chi connectivity index (χ0n) is 14.2. The number of hydrogen-bond donors (Lipinski definition) is 2. The molecule has 134 valence electrons. The Balaban J connectivity index is 0.00000208.